The molecule has 0 aliphatic heterocycles. The number of imidazole rings is 1. The lowest BCUT2D eigenvalue weighted by molar-refractivity contribution is 0.0945. The first kappa shape index (κ1) is 10.9. The van der Waals surface area contributed by atoms with Crippen LogP contribution in [0.4, 0.5) is 0 Å². The molecule has 0 spiro atoms. The summed E-state index contributed by atoms with van der Waals surface area (Å²) in [6.07, 6.45) is 3.55. The minimum atomic E-state index is -0.242. The summed E-state index contributed by atoms with van der Waals surface area (Å²) in [4.78, 5) is 16.9. The lowest BCUT2D eigenvalue weighted by Gasteiger charge is -1.99. The Balaban J connectivity index is 1.72. The van der Waals surface area contributed by atoms with E-state index in [4.69, 9.17) is 0 Å². The average Bonchev–Trinajstić information content (AvgIpc) is 3.00. The molecule has 0 aliphatic carbocycles. The van der Waals surface area contributed by atoms with Crippen LogP contribution in [0.5, 0.6) is 0 Å². The number of aromatic nitrogens is 4. The fourth-order valence-electron chi connectivity index (χ4n) is 1.50. The van der Waals surface area contributed by atoms with Crippen LogP contribution in [0, 0.1) is 6.92 Å². The SMILES string of the molecule is Cc1nonc1CNC(=O)c1cn2ccsc2n1. The van der Waals surface area contributed by atoms with Crippen LogP contribution in [-0.4, -0.2) is 25.6 Å². The van der Waals surface area contributed by atoms with E-state index in [9.17, 15) is 4.79 Å². The Morgan fingerprint density at radius 1 is 1.56 bits per heavy atom. The van der Waals surface area contributed by atoms with Crippen molar-refractivity contribution < 1.29 is 9.42 Å². The highest BCUT2D eigenvalue weighted by molar-refractivity contribution is 7.15. The molecule has 3 aromatic rings. The van der Waals surface area contributed by atoms with Gasteiger partial charge >= 0.3 is 0 Å². The van der Waals surface area contributed by atoms with Crippen LogP contribution < -0.4 is 5.32 Å². The third-order valence-electron chi connectivity index (χ3n) is 2.49. The van der Waals surface area contributed by atoms with Gasteiger partial charge in [-0.15, -0.1) is 11.3 Å². The molecule has 0 unspecified atom stereocenters. The van der Waals surface area contributed by atoms with Crippen LogP contribution in [-0.2, 0) is 6.54 Å². The van der Waals surface area contributed by atoms with Gasteiger partial charge in [-0.3, -0.25) is 9.20 Å². The second kappa shape index (κ2) is 4.22. The number of carbonyl (C=O) groups is 1. The number of carbonyl (C=O) groups excluding carboxylic acids is 1. The molecule has 92 valence electrons. The summed E-state index contributed by atoms with van der Waals surface area (Å²) in [5, 5.41) is 12.0. The number of hydrogen-bond acceptors (Lipinski definition) is 6. The zero-order valence-corrected chi connectivity index (χ0v) is 10.3. The summed E-state index contributed by atoms with van der Waals surface area (Å²) < 4.78 is 6.36. The van der Waals surface area contributed by atoms with E-state index in [0.29, 0.717) is 17.1 Å². The smallest absolute Gasteiger partial charge is 0.271 e. The lowest BCUT2D eigenvalue weighted by atomic mass is 10.3. The maximum atomic E-state index is 11.9. The van der Waals surface area contributed by atoms with E-state index < -0.39 is 0 Å². The Hall–Kier alpha value is -2.22. The Kier molecular flexibility index (Phi) is 2.56. The van der Waals surface area contributed by atoms with Gasteiger partial charge in [0.1, 0.15) is 17.1 Å². The number of nitrogens with one attached hydrogen (secondary N) is 1. The number of amides is 1. The molecular weight excluding hydrogens is 254 g/mol. The van der Waals surface area contributed by atoms with E-state index in [1.807, 2.05) is 16.0 Å². The number of fused-ring (bicyclic) bond motifs is 1. The average molecular weight is 263 g/mol. The van der Waals surface area contributed by atoms with Gasteiger partial charge in [-0.25, -0.2) is 9.61 Å². The molecule has 7 nitrogen and oxygen atoms in total. The topological polar surface area (TPSA) is 85.3 Å². The molecule has 0 saturated heterocycles. The third kappa shape index (κ3) is 1.86. The van der Waals surface area contributed by atoms with Crippen LogP contribution in [0.1, 0.15) is 21.9 Å². The predicted molar refractivity (Wildman–Crippen MR) is 63.3 cm³/mol. The van der Waals surface area contributed by atoms with Gasteiger partial charge in [0.25, 0.3) is 5.91 Å². The van der Waals surface area contributed by atoms with Gasteiger partial charge in [-0.1, -0.05) is 10.3 Å². The minimum absolute atomic E-state index is 0.242. The van der Waals surface area contributed by atoms with Crippen molar-refractivity contribution >= 4 is 22.2 Å². The van der Waals surface area contributed by atoms with E-state index >= 15 is 0 Å². The van der Waals surface area contributed by atoms with E-state index in [0.717, 1.165) is 4.96 Å². The predicted octanol–water partition coefficient (Wildman–Crippen LogP) is 1.02. The second-order valence-electron chi connectivity index (χ2n) is 3.70. The monoisotopic (exact) mass is 263 g/mol. The van der Waals surface area contributed by atoms with Crippen molar-refractivity contribution in [2.24, 2.45) is 0 Å². The summed E-state index contributed by atoms with van der Waals surface area (Å²) in [6, 6.07) is 0. The van der Waals surface area contributed by atoms with Gasteiger partial charge in [0, 0.05) is 17.8 Å². The zero-order chi connectivity index (χ0) is 12.5. The van der Waals surface area contributed by atoms with E-state index in [1.54, 1.807) is 13.1 Å². The fraction of sp³-hybridized carbons (Fsp3) is 0.200. The highest BCUT2D eigenvalue weighted by atomic mass is 32.1. The van der Waals surface area contributed by atoms with Gasteiger partial charge in [-0.05, 0) is 6.92 Å². The second-order valence-corrected chi connectivity index (χ2v) is 4.57. The lowest BCUT2D eigenvalue weighted by Crippen LogP contribution is -2.23. The van der Waals surface area contributed by atoms with Gasteiger partial charge in [0.05, 0.1) is 6.54 Å². The van der Waals surface area contributed by atoms with Crippen LogP contribution in [0.15, 0.2) is 22.4 Å². The Morgan fingerprint density at radius 3 is 3.17 bits per heavy atom. The van der Waals surface area contributed by atoms with Crippen molar-refractivity contribution in [2.75, 3.05) is 0 Å². The molecular formula is C10H9N5O2S. The molecule has 3 rings (SSSR count). The quantitative estimate of drug-likeness (QED) is 0.762. The van der Waals surface area contributed by atoms with Crippen LogP contribution in [0.2, 0.25) is 0 Å². The molecule has 3 aromatic heterocycles. The summed E-state index contributed by atoms with van der Waals surface area (Å²) in [5.74, 6) is -0.242. The summed E-state index contributed by atoms with van der Waals surface area (Å²) in [5.41, 5.74) is 1.67. The molecule has 0 aliphatic rings. The van der Waals surface area contributed by atoms with Crippen molar-refractivity contribution in [3.63, 3.8) is 0 Å². The Labute approximate surface area is 105 Å². The molecule has 0 saturated carbocycles. The van der Waals surface area contributed by atoms with Crippen LogP contribution in [0.3, 0.4) is 0 Å². The molecule has 1 N–H and O–H groups in total. The van der Waals surface area contributed by atoms with Gasteiger partial charge in [-0.2, -0.15) is 0 Å². The normalized spacial score (nSPS) is 10.9. The molecule has 18 heavy (non-hydrogen) atoms. The van der Waals surface area contributed by atoms with Gasteiger partial charge < -0.3 is 5.32 Å². The van der Waals surface area contributed by atoms with Crippen molar-refractivity contribution in [2.45, 2.75) is 13.5 Å². The molecule has 0 bridgehead atoms. The highest BCUT2D eigenvalue weighted by Gasteiger charge is 2.12. The van der Waals surface area contributed by atoms with Gasteiger partial charge in [0.2, 0.25) is 0 Å². The molecule has 1 amide bonds. The largest absolute Gasteiger partial charge is 0.345 e. The van der Waals surface area contributed by atoms with Crippen molar-refractivity contribution in [1.29, 1.82) is 0 Å². The molecule has 3 heterocycles. The number of aryl methyl sites for hydroxylation is 1. The Bertz CT molecular complexity index is 669. The maximum Gasteiger partial charge on any atom is 0.271 e. The van der Waals surface area contributed by atoms with Crippen molar-refractivity contribution in [1.82, 2.24) is 25.0 Å². The molecule has 0 aromatic carbocycles. The Morgan fingerprint density at radius 2 is 2.44 bits per heavy atom. The van der Waals surface area contributed by atoms with Crippen LogP contribution in [0.25, 0.3) is 4.96 Å². The number of rotatable bonds is 3. The molecule has 0 radical (unpaired) electrons. The standard InChI is InChI=1S/C10H9N5O2S/c1-6-7(14-17-13-6)4-11-9(16)8-5-15-2-3-18-10(15)12-8/h2-3,5H,4H2,1H3,(H,11,16). The van der Waals surface area contributed by atoms with Crippen molar-refractivity contribution in [3.8, 4) is 0 Å². The molecule has 0 fully saturated rings. The van der Waals surface area contributed by atoms with E-state index in [-0.39, 0.29) is 12.5 Å². The summed E-state index contributed by atoms with van der Waals surface area (Å²) in [6.45, 7) is 2.05. The van der Waals surface area contributed by atoms with E-state index in [1.165, 1.54) is 11.3 Å². The zero-order valence-electron chi connectivity index (χ0n) is 9.45. The first-order valence-electron chi connectivity index (χ1n) is 5.22. The number of nitrogens with zero attached hydrogens (tertiary/aromatic N) is 4. The summed E-state index contributed by atoms with van der Waals surface area (Å²) >= 11 is 1.48. The summed E-state index contributed by atoms with van der Waals surface area (Å²) in [7, 11) is 0. The minimum Gasteiger partial charge on any atom is -0.345 e. The fourth-order valence-corrected chi connectivity index (χ4v) is 2.20. The maximum absolute atomic E-state index is 11.9. The number of thiazole rings is 1. The first-order valence-corrected chi connectivity index (χ1v) is 6.10. The first-order chi connectivity index (χ1) is 8.74. The highest BCUT2D eigenvalue weighted by Crippen LogP contribution is 2.11. The molecule has 8 heteroatoms. The number of hydrogen-bond donors (Lipinski definition) is 1. The van der Waals surface area contributed by atoms with Crippen molar-refractivity contribution in [3.05, 3.63) is 34.9 Å². The molecule has 0 atom stereocenters. The third-order valence-corrected chi connectivity index (χ3v) is 3.26. The van der Waals surface area contributed by atoms with E-state index in [2.05, 4.69) is 25.2 Å². The van der Waals surface area contributed by atoms with Crippen LogP contribution >= 0.6 is 11.3 Å². The van der Waals surface area contributed by atoms with Gasteiger partial charge in [0.15, 0.2) is 4.96 Å².